The van der Waals surface area contributed by atoms with Crippen LogP contribution in [-0.4, -0.2) is 63.3 Å². The number of halogens is 3. The topological polar surface area (TPSA) is 82.5 Å². The van der Waals surface area contributed by atoms with Crippen LogP contribution in [0.15, 0.2) is 24.4 Å². The van der Waals surface area contributed by atoms with E-state index in [1.165, 1.54) is 17.2 Å². The minimum atomic E-state index is -4.47. The van der Waals surface area contributed by atoms with E-state index in [-0.39, 0.29) is 25.2 Å². The minimum Gasteiger partial charge on any atom is -0.389 e. The number of carbonyl (C=O) groups is 2. The van der Waals surface area contributed by atoms with Crippen molar-refractivity contribution in [2.24, 2.45) is 0 Å². The van der Waals surface area contributed by atoms with Crippen LogP contribution in [0, 0.1) is 0 Å². The molecule has 0 bridgehead atoms. The molecule has 6 nitrogen and oxygen atoms in total. The predicted octanol–water partition coefficient (Wildman–Crippen LogP) is 1.03. The van der Waals surface area contributed by atoms with Crippen molar-refractivity contribution in [2.45, 2.75) is 24.1 Å². The van der Waals surface area contributed by atoms with Crippen molar-refractivity contribution in [3.05, 3.63) is 30.1 Å². The molecule has 1 aliphatic rings. The Bertz CT molecular complexity index is 586. The van der Waals surface area contributed by atoms with E-state index in [0.29, 0.717) is 0 Å². The van der Waals surface area contributed by atoms with E-state index < -0.39 is 47.0 Å². The van der Waals surface area contributed by atoms with E-state index in [4.69, 9.17) is 0 Å². The number of aliphatic hydroxyl groups excluding tert-OH is 1. The summed E-state index contributed by atoms with van der Waals surface area (Å²) in [4.78, 5) is 28.8. The Morgan fingerprint density at radius 1 is 1.42 bits per heavy atom. The van der Waals surface area contributed by atoms with E-state index >= 15 is 0 Å². The third-order valence-corrected chi connectivity index (χ3v) is 4.23. The van der Waals surface area contributed by atoms with Crippen LogP contribution in [0.25, 0.3) is 0 Å². The number of likely N-dealkylation sites (tertiary alicyclic amines) is 1. The Labute approximate surface area is 140 Å². The lowest BCUT2D eigenvalue weighted by Crippen LogP contribution is -2.55. The van der Waals surface area contributed by atoms with Crippen molar-refractivity contribution < 1.29 is 27.9 Å². The molecule has 24 heavy (non-hydrogen) atoms. The number of hydrogen-bond donors (Lipinski definition) is 2. The fourth-order valence-corrected chi connectivity index (χ4v) is 2.77. The number of thioether (sulfide) groups is 1. The Morgan fingerprint density at radius 3 is 2.75 bits per heavy atom. The van der Waals surface area contributed by atoms with Gasteiger partial charge in [-0.3, -0.25) is 14.6 Å². The highest BCUT2D eigenvalue weighted by Gasteiger charge is 2.34. The lowest BCUT2D eigenvalue weighted by molar-refractivity contribution is -0.132. The van der Waals surface area contributed by atoms with Crippen LogP contribution in [0.2, 0.25) is 0 Å². The highest BCUT2D eigenvalue weighted by Crippen LogP contribution is 2.30. The molecule has 2 amide bonds. The van der Waals surface area contributed by atoms with Gasteiger partial charge in [-0.05, 0) is 30.3 Å². The zero-order chi connectivity index (χ0) is 17.7. The summed E-state index contributed by atoms with van der Waals surface area (Å²) in [5.74, 6) is -1.86. The first kappa shape index (κ1) is 18.5. The van der Waals surface area contributed by atoms with Gasteiger partial charge < -0.3 is 15.3 Å². The summed E-state index contributed by atoms with van der Waals surface area (Å²) >= 11 is -0.406. The highest BCUT2D eigenvalue weighted by atomic mass is 32.2. The van der Waals surface area contributed by atoms with E-state index in [0.717, 1.165) is 0 Å². The summed E-state index contributed by atoms with van der Waals surface area (Å²) in [6.45, 7) is 0.0475. The number of alkyl halides is 3. The lowest BCUT2D eigenvalue weighted by atomic mass is 10.0. The number of nitrogens with one attached hydrogen (secondary N) is 1. The molecule has 2 atom stereocenters. The smallest absolute Gasteiger partial charge is 0.389 e. The van der Waals surface area contributed by atoms with Gasteiger partial charge in [0, 0.05) is 19.3 Å². The van der Waals surface area contributed by atoms with Gasteiger partial charge in [-0.25, -0.2) is 0 Å². The van der Waals surface area contributed by atoms with Gasteiger partial charge in [-0.1, -0.05) is 6.07 Å². The molecule has 0 saturated carbocycles. The molecule has 1 saturated heterocycles. The monoisotopic (exact) mass is 363 g/mol. The fraction of sp³-hybridized carbons (Fsp3) is 0.500. The average Bonchev–Trinajstić information content (AvgIpc) is 2.54. The van der Waals surface area contributed by atoms with Crippen LogP contribution < -0.4 is 5.32 Å². The van der Waals surface area contributed by atoms with Crippen molar-refractivity contribution in [2.75, 3.05) is 18.8 Å². The van der Waals surface area contributed by atoms with E-state index in [1.54, 1.807) is 12.1 Å². The van der Waals surface area contributed by atoms with Crippen LogP contribution in [0.3, 0.4) is 0 Å². The molecule has 1 aromatic heterocycles. The minimum absolute atomic E-state index is 0.121. The second kappa shape index (κ2) is 7.84. The maximum atomic E-state index is 12.1. The van der Waals surface area contributed by atoms with Gasteiger partial charge in [0.15, 0.2) is 0 Å². The number of hydrogen-bond acceptors (Lipinski definition) is 5. The molecule has 0 radical (unpaired) electrons. The van der Waals surface area contributed by atoms with Crippen molar-refractivity contribution >= 4 is 23.6 Å². The summed E-state index contributed by atoms with van der Waals surface area (Å²) in [7, 11) is 0. The normalized spacial score (nSPS) is 21.4. The number of aromatic nitrogens is 1. The van der Waals surface area contributed by atoms with Crippen LogP contribution in [0.5, 0.6) is 0 Å². The quantitative estimate of drug-likeness (QED) is 0.835. The third kappa shape index (κ3) is 5.38. The number of amides is 2. The second-order valence-corrected chi connectivity index (χ2v) is 6.27. The van der Waals surface area contributed by atoms with Crippen molar-refractivity contribution in [3.63, 3.8) is 0 Å². The van der Waals surface area contributed by atoms with E-state index in [2.05, 4.69) is 10.3 Å². The maximum absolute atomic E-state index is 12.1. The molecule has 0 spiro atoms. The molecular formula is C14H16F3N3O3S. The number of aliphatic hydroxyl groups is 1. The van der Waals surface area contributed by atoms with Gasteiger partial charge in [0.2, 0.25) is 5.91 Å². The summed E-state index contributed by atoms with van der Waals surface area (Å²) < 4.78 is 36.3. The summed E-state index contributed by atoms with van der Waals surface area (Å²) in [6, 6.07) is 4.25. The third-order valence-electron chi connectivity index (χ3n) is 3.51. The molecule has 1 aliphatic heterocycles. The highest BCUT2D eigenvalue weighted by molar-refractivity contribution is 8.00. The Kier molecular flexibility index (Phi) is 6.05. The Morgan fingerprint density at radius 2 is 2.17 bits per heavy atom. The van der Waals surface area contributed by atoms with Crippen molar-refractivity contribution in [1.29, 1.82) is 0 Å². The van der Waals surface area contributed by atoms with Gasteiger partial charge in [0.1, 0.15) is 5.69 Å². The summed E-state index contributed by atoms with van der Waals surface area (Å²) in [5, 5.41) is 12.7. The first-order chi connectivity index (χ1) is 11.3. The van der Waals surface area contributed by atoms with Crippen LogP contribution >= 0.6 is 11.8 Å². The SMILES string of the molecule is O=C(NC1CCN(C(=O)CSC(F)(F)F)CC1O)c1ccccn1. The van der Waals surface area contributed by atoms with Crippen LogP contribution in [-0.2, 0) is 4.79 Å². The molecule has 2 rings (SSSR count). The van der Waals surface area contributed by atoms with Crippen LogP contribution in [0.4, 0.5) is 13.2 Å². The number of pyridine rings is 1. The number of β-amino-alcohol motifs (C(OH)–C–C–N with tert-alkyl or cyclic N) is 1. The van der Waals surface area contributed by atoms with Crippen molar-refractivity contribution in [1.82, 2.24) is 15.2 Å². The zero-order valence-electron chi connectivity index (χ0n) is 12.5. The van der Waals surface area contributed by atoms with E-state index in [9.17, 15) is 27.9 Å². The molecule has 1 aromatic rings. The van der Waals surface area contributed by atoms with Gasteiger partial charge >= 0.3 is 5.51 Å². The molecule has 132 valence electrons. The van der Waals surface area contributed by atoms with Gasteiger partial charge in [0.05, 0.1) is 17.9 Å². The summed E-state index contributed by atoms with van der Waals surface area (Å²) in [6.07, 6.45) is 0.666. The van der Waals surface area contributed by atoms with Gasteiger partial charge in [-0.2, -0.15) is 13.2 Å². The van der Waals surface area contributed by atoms with Gasteiger partial charge in [-0.15, -0.1) is 0 Å². The van der Waals surface area contributed by atoms with Crippen LogP contribution in [0.1, 0.15) is 16.9 Å². The molecule has 10 heteroatoms. The average molecular weight is 363 g/mol. The lowest BCUT2D eigenvalue weighted by Gasteiger charge is -2.36. The fourth-order valence-electron chi connectivity index (χ4n) is 2.30. The molecule has 0 aromatic carbocycles. The number of carbonyl (C=O) groups excluding carboxylic acids is 2. The standard InChI is InChI=1S/C14H16F3N3O3S/c15-14(16,17)24-8-12(22)20-6-4-9(11(21)7-20)19-13(23)10-3-1-2-5-18-10/h1-3,5,9,11,21H,4,6-8H2,(H,19,23). The molecule has 0 aliphatic carbocycles. The molecular weight excluding hydrogens is 347 g/mol. The van der Waals surface area contributed by atoms with E-state index in [1.807, 2.05) is 0 Å². The van der Waals surface area contributed by atoms with Crippen molar-refractivity contribution in [3.8, 4) is 0 Å². The maximum Gasteiger partial charge on any atom is 0.442 e. The Balaban J connectivity index is 1.84. The first-order valence-electron chi connectivity index (χ1n) is 7.14. The largest absolute Gasteiger partial charge is 0.442 e. The number of rotatable bonds is 4. The second-order valence-electron chi connectivity index (χ2n) is 5.23. The predicted molar refractivity (Wildman–Crippen MR) is 81.2 cm³/mol. The summed E-state index contributed by atoms with van der Waals surface area (Å²) in [5.41, 5.74) is -4.27. The number of nitrogens with zero attached hydrogens (tertiary/aromatic N) is 2. The first-order valence-corrected chi connectivity index (χ1v) is 8.13. The Hall–Kier alpha value is -1.81. The molecule has 2 heterocycles. The molecule has 1 fully saturated rings. The van der Waals surface area contributed by atoms with Gasteiger partial charge in [0.25, 0.3) is 5.91 Å². The zero-order valence-corrected chi connectivity index (χ0v) is 13.3. The molecule has 2 N–H and O–H groups in total. The number of piperidine rings is 1. The molecule has 2 unspecified atom stereocenters.